The summed E-state index contributed by atoms with van der Waals surface area (Å²) in [5.41, 5.74) is 2.37. The van der Waals surface area contributed by atoms with E-state index >= 15 is 0 Å². The lowest BCUT2D eigenvalue weighted by Crippen LogP contribution is -2.27. The molecule has 1 saturated heterocycles. The summed E-state index contributed by atoms with van der Waals surface area (Å²) in [5.74, 6) is -0.999. The summed E-state index contributed by atoms with van der Waals surface area (Å²) < 4.78 is 41.8. The molecule has 2 aromatic rings. The van der Waals surface area contributed by atoms with Gasteiger partial charge in [0.1, 0.15) is 0 Å². The lowest BCUT2D eigenvalue weighted by Gasteiger charge is -2.29. The molecule has 4 heteroatoms. The molecule has 0 radical (unpaired) electrons. The van der Waals surface area contributed by atoms with Crippen LogP contribution in [0.25, 0.3) is 11.1 Å². The fourth-order valence-corrected chi connectivity index (χ4v) is 5.57. The minimum atomic E-state index is -0.752. The van der Waals surface area contributed by atoms with Crippen LogP contribution in [0.15, 0.2) is 36.4 Å². The molecule has 2 nitrogen and oxygen atoms in total. The van der Waals surface area contributed by atoms with E-state index in [2.05, 4.69) is 13.8 Å². The fourth-order valence-electron chi connectivity index (χ4n) is 5.57. The van der Waals surface area contributed by atoms with Crippen LogP contribution in [0, 0.1) is 17.6 Å². The van der Waals surface area contributed by atoms with Gasteiger partial charge < -0.3 is 9.47 Å². The fraction of sp³-hybridized carbons (Fsp3) is 0.657. The molecule has 1 aliphatic rings. The second-order valence-corrected chi connectivity index (χ2v) is 11.5. The Kier molecular flexibility index (Phi) is 15.1. The van der Waals surface area contributed by atoms with E-state index in [4.69, 9.17) is 9.47 Å². The monoisotopic (exact) mass is 542 g/mol. The number of ether oxygens (including phenoxy) is 2. The molecule has 1 fully saturated rings. The SMILES string of the molecule is CCCCCCCCCCc1ccc(-c2ccc(C3OCC(CCCCCCCCC)CO3)cc2)c(F)c1F. The van der Waals surface area contributed by atoms with Gasteiger partial charge in [-0.3, -0.25) is 0 Å². The van der Waals surface area contributed by atoms with Crippen molar-refractivity contribution in [3.8, 4) is 11.1 Å². The molecule has 0 bridgehead atoms. The number of hydrogen-bond donors (Lipinski definition) is 0. The van der Waals surface area contributed by atoms with Crippen molar-refractivity contribution < 1.29 is 18.3 Å². The van der Waals surface area contributed by atoms with Crippen LogP contribution in [0.5, 0.6) is 0 Å². The van der Waals surface area contributed by atoms with Gasteiger partial charge in [-0.05, 0) is 30.4 Å². The number of unbranched alkanes of at least 4 members (excludes halogenated alkanes) is 13. The van der Waals surface area contributed by atoms with E-state index in [-0.39, 0.29) is 6.29 Å². The quantitative estimate of drug-likeness (QED) is 0.164. The normalized spacial score (nSPS) is 17.5. The van der Waals surface area contributed by atoms with Crippen LogP contribution in [-0.4, -0.2) is 13.2 Å². The molecule has 0 aromatic heterocycles. The largest absolute Gasteiger partial charge is 0.348 e. The molecule has 0 atom stereocenters. The third-order valence-corrected chi connectivity index (χ3v) is 8.14. The van der Waals surface area contributed by atoms with Crippen LogP contribution in [-0.2, 0) is 15.9 Å². The summed E-state index contributed by atoms with van der Waals surface area (Å²) in [6, 6.07) is 11.0. The molecule has 1 aliphatic heterocycles. The molecule has 3 rings (SSSR count). The van der Waals surface area contributed by atoms with Crippen molar-refractivity contribution in [3.63, 3.8) is 0 Å². The highest BCUT2D eigenvalue weighted by Gasteiger charge is 2.23. The van der Waals surface area contributed by atoms with E-state index in [0.717, 1.165) is 24.8 Å². The molecule has 0 N–H and O–H groups in total. The first-order chi connectivity index (χ1) is 19.1. The number of hydrogen-bond acceptors (Lipinski definition) is 2. The lowest BCUT2D eigenvalue weighted by atomic mass is 9.98. The Labute approximate surface area is 236 Å². The summed E-state index contributed by atoms with van der Waals surface area (Å²) in [4.78, 5) is 0. The van der Waals surface area contributed by atoms with Crippen LogP contribution in [0.2, 0.25) is 0 Å². The number of rotatable bonds is 19. The van der Waals surface area contributed by atoms with Crippen molar-refractivity contribution in [2.75, 3.05) is 13.2 Å². The van der Waals surface area contributed by atoms with Gasteiger partial charge in [0.05, 0.1) is 13.2 Å². The van der Waals surface area contributed by atoms with Gasteiger partial charge in [-0.25, -0.2) is 8.78 Å². The second-order valence-electron chi connectivity index (χ2n) is 11.5. The van der Waals surface area contributed by atoms with Gasteiger partial charge in [0.25, 0.3) is 0 Å². The summed E-state index contributed by atoms with van der Waals surface area (Å²) in [6.07, 6.45) is 20.1. The zero-order valence-electron chi connectivity index (χ0n) is 24.6. The maximum absolute atomic E-state index is 15.0. The molecular formula is C35H52F2O2. The Morgan fingerprint density at radius 1 is 0.615 bits per heavy atom. The molecule has 0 unspecified atom stereocenters. The number of benzene rings is 2. The second kappa shape index (κ2) is 18.5. The minimum absolute atomic E-state index is 0.305. The standard InChI is InChI=1S/C35H52F2O2/c1-3-5-7-9-11-13-15-17-19-30-24-25-32(34(37)33(30)36)29-20-22-31(23-21-29)35-38-26-28(27-39-35)18-16-14-12-10-8-6-4-2/h20-25,28,35H,3-19,26-27H2,1-2H3. The average molecular weight is 543 g/mol. The molecule has 218 valence electrons. The smallest absolute Gasteiger partial charge is 0.183 e. The molecule has 0 spiro atoms. The number of halogens is 2. The zero-order chi connectivity index (χ0) is 27.7. The highest BCUT2D eigenvalue weighted by Crippen LogP contribution is 2.31. The summed E-state index contributed by atoms with van der Waals surface area (Å²) in [7, 11) is 0. The van der Waals surface area contributed by atoms with Gasteiger partial charge in [0, 0.05) is 17.0 Å². The predicted octanol–water partition coefficient (Wildman–Crippen LogP) is 11.1. The average Bonchev–Trinajstić information content (AvgIpc) is 2.96. The van der Waals surface area contributed by atoms with Gasteiger partial charge in [0.15, 0.2) is 17.9 Å². The van der Waals surface area contributed by atoms with E-state index in [1.165, 1.54) is 83.5 Å². The van der Waals surface area contributed by atoms with Crippen LogP contribution in [0.4, 0.5) is 8.78 Å². The van der Waals surface area contributed by atoms with Gasteiger partial charge in [-0.15, -0.1) is 0 Å². The Bertz CT molecular complexity index is 919. The Balaban J connectivity index is 1.41. The van der Waals surface area contributed by atoms with Gasteiger partial charge in [-0.1, -0.05) is 140 Å². The van der Waals surface area contributed by atoms with Crippen LogP contribution >= 0.6 is 0 Å². The topological polar surface area (TPSA) is 18.5 Å². The van der Waals surface area contributed by atoms with Gasteiger partial charge in [0.2, 0.25) is 0 Å². The Hall–Kier alpha value is -1.78. The van der Waals surface area contributed by atoms with E-state index in [1.54, 1.807) is 12.1 Å². The third kappa shape index (κ3) is 11.0. The summed E-state index contributed by atoms with van der Waals surface area (Å²) >= 11 is 0. The third-order valence-electron chi connectivity index (χ3n) is 8.14. The first-order valence-corrected chi connectivity index (χ1v) is 15.9. The van der Waals surface area contributed by atoms with E-state index in [1.807, 2.05) is 24.3 Å². The Morgan fingerprint density at radius 3 is 1.74 bits per heavy atom. The van der Waals surface area contributed by atoms with Crippen molar-refractivity contribution >= 4 is 0 Å². The van der Waals surface area contributed by atoms with Gasteiger partial charge in [-0.2, -0.15) is 0 Å². The van der Waals surface area contributed by atoms with Crippen molar-refractivity contribution in [2.24, 2.45) is 5.92 Å². The first kappa shape index (κ1) is 31.7. The van der Waals surface area contributed by atoms with Gasteiger partial charge >= 0.3 is 0 Å². The van der Waals surface area contributed by atoms with Crippen LogP contribution in [0.1, 0.15) is 134 Å². The van der Waals surface area contributed by atoms with Crippen molar-refractivity contribution in [1.82, 2.24) is 0 Å². The Morgan fingerprint density at radius 2 is 1.15 bits per heavy atom. The molecule has 1 heterocycles. The molecule has 2 aromatic carbocycles. The highest BCUT2D eigenvalue weighted by molar-refractivity contribution is 5.65. The predicted molar refractivity (Wildman–Crippen MR) is 159 cm³/mol. The summed E-state index contributed by atoms with van der Waals surface area (Å²) in [5, 5.41) is 0. The highest BCUT2D eigenvalue weighted by atomic mass is 19.2. The minimum Gasteiger partial charge on any atom is -0.348 e. The zero-order valence-corrected chi connectivity index (χ0v) is 24.6. The van der Waals surface area contributed by atoms with Crippen molar-refractivity contribution in [2.45, 2.75) is 129 Å². The van der Waals surface area contributed by atoms with Crippen LogP contribution in [0.3, 0.4) is 0 Å². The maximum atomic E-state index is 15.0. The molecule has 39 heavy (non-hydrogen) atoms. The molecule has 0 amide bonds. The maximum Gasteiger partial charge on any atom is 0.183 e. The van der Waals surface area contributed by atoms with E-state index in [0.29, 0.717) is 42.2 Å². The molecule has 0 aliphatic carbocycles. The van der Waals surface area contributed by atoms with Crippen molar-refractivity contribution in [1.29, 1.82) is 0 Å². The van der Waals surface area contributed by atoms with Crippen molar-refractivity contribution in [3.05, 3.63) is 59.2 Å². The van der Waals surface area contributed by atoms with E-state index < -0.39 is 11.6 Å². The molecule has 0 saturated carbocycles. The molecular weight excluding hydrogens is 490 g/mol. The first-order valence-electron chi connectivity index (χ1n) is 15.9. The number of aryl methyl sites for hydroxylation is 1. The lowest BCUT2D eigenvalue weighted by molar-refractivity contribution is -0.206. The summed E-state index contributed by atoms with van der Waals surface area (Å²) in [6.45, 7) is 5.90. The van der Waals surface area contributed by atoms with Crippen LogP contribution < -0.4 is 0 Å². The van der Waals surface area contributed by atoms with E-state index in [9.17, 15) is 8.78 Å².